The van der Waals surface area contributed by atoms with Gasteiger partial charge in [0.25, 0.3) is 0 Å². The smallest absolute Gasteiger partial charge is 0.0652 e. The van der Waals surface area contributed by atoms with Crippen molar-refractivity contribution in [1.29, 1.82) is 0 Å². The minimum atomic E-state index is 0.989. The second-order valence-electron chi connectivity index (χ2n) is 4.02. The molecule has 0 saturated heterocycles. The molecule has 0 aromatic heterocycles. The number of aliphatic imine (C=N–C) groups is 1. The van der Waals surface area contributed by atoms with Crippen LogP contribution in [0.4, 0.5) is 0 Å². The molecular formula is C14H17N. The highest BCUT2D eigenvalue weighted by atomic mass is 14.7. The Kier molecular flexibility index (Phi) is 3.00. The second-order valence-corrected chi connectivity index (χ2v) is 4.02. The first-order valence-corrected chi connectivity index (χ1v) is 5.60. The molecular weight excluding hydrogens is 182 g/mol. The number of hydrogen-bond donors (Lipinski definition) is 0. The molecule has 0 unspecified atom stereocenters. The number of nitrogens with zero attached hydrogens (tertiary/aromatic N) is 1. The number of fused-ring (bicyclic) bond motifs is 1. The maximum Gasteiger partial charge on any atom is 0.0652 e. The van der Waals surface area contributed by atoms with Crippen molar-refractivity contribution in [2.24, 2.45) is 4.99 Å². The minimum absolute atomic E-state index is 0.989. The van der Waals surface area contributed by atoms with Crippen LogP contribution >= 0.6 is 0 Å². The van der Waals surface area contributed by atoms with Gasteiger partial charge in [-0.15, -0.1) is 0 Å². The molecule has 1 nitrogen and oxygen atoms in total. The number of rotatable bonds is 2. The second kappa shape index (κ2) is 4.43. The predicted octanol–water partition coefficient (Wildman–Crippen LogP) is 3.63. The van der Waals surface area contributed by atoms with Crippen LogP contribution in [0.15, 0.2) is 29.3 Å². The van der Waals surface area contributed by atoms with Gasteiger partial charge in [-0.25, -0.2) is 0 Å². The fourth-order valence-electron chi connectivity index (χ4n) is 2.24. The Bertz CT molecular complexity index is 402. The molecule has 0 N–H and O–H groups in total. The highest BCUT2D eigenvalue weighted by molar-refractivity contribution is 5.68. The van der Waals surface area contributed by atoms with Crippen molar-refractivity contribution in [2.45, 2.75) is 32.6 Å². The SMILES string of the molecule is C=N/C(=C\C)c1ccc2c(c1)CCCC2. The van der Waals surface area contributed by atoms with Crippen LogP contribution in [-0.2, 0) is 12.8 Å². The van der Waals surface area contributed by atoms with Crippen molar-refractivity contribution >= 4 is 12.4 Å². The highest BCUT2D eigenvalue weighted by Gasteiger charge is 2.10. The molecule has 1 aliphatic rings. The molecule has 0 fully saturated rings. The van der Waals surface area contributed by atoms with Gasteiger partial charge < -0.3 is 0 Å². The molecule has 0 heterocycles. The van der Waals surface area contributed by atoms with E-state index in [9.17, 15) is 0 Å². The van der Waals surface area contributed by atoms with Crippen molar-refractivity contribution in [1.82, 2.24) is 0 Å². The van der Waals surface area contributed by atoms with Gasteiger partial charge in [0, 0.05) is 5.56 Å². The van der Waals surface area contributed by atoms with E-state index in [1.807, 2.05) is 13.0 Å². The molecule has 1 aromatic carbocycles. The van der Waals surface area contributed by atoms with E-state index < -0.39 is 0 Å². The molecule has 78 valence electrons. The fraction of sp³-hybridized carbons (Fsp3) is 0.357. The topological polar surface area (TPSA) is 12.4 Å². The van der Waals surface area contributed by atoms with Crippen molar-refractivity contribution in [3.05, 3.63) is 41.0 Å². The summed E-state index contributed by atoms with van der Waals surface area (Å²) in [6.45, 7) is 5.61. The molecule has 15 heavy (non-hydrogen) atoms. The minimum Gasteiger partial charge on any atom is -0.264 e. The fourth-order valence-corrected chi connectivity index (χ4v) is 2.24. The summed E-state index contributed by atoms with van der Waals surface area (Å²) in [5.74, 6) is 0. The largest absolute Gasteiger partial charge is 0.264 e. The molecule has 0 atom stereocenters. The van der Waals surface area contributed by atoms with Crippen LogP contribution in [0.2, 0.25) is 0 Å². The Morgan fingerprint density at radius 3 is 2.67 bits per heavy atom. The zero-order valence-corrected chi connectivity index (χ0v) is 9.29. The lowest BCUT2D eigenvalue weighted by atomic mass is 9.90. The summed E-state index contributed by atoms with van der Waals surface area (Å²) in [5, 5.41) is 0. The van der Waals surface area contributed by atoms with Gasteiger partial charge in [-0.3, -0.25) is 4.99 Å². The lowest BCUT2D eigenvalue weighted by Crippen LogP contribution is -2.02. The third kappa shape index (κ3) is 2.01. The zero-order valence-electron chi connectivity index (χ0n) is 9.29. The Hall–Kier alpha value is -1.37. The van der Waals surface area contributed by atoms with Crippen molar-refractivity contribution in [3.63, 3.8) is 0 Å². The van der Waals surface area contributed by atoms with E-state index in [0.717, 1.165) is 5.70 Å². The number of allylic oxidation sites excluding steroid dienone is 1. The van der Waals surface area contributed by atoms with Gasteiger partial charge in [0.2, 0.25) is 0 Å². The molecule has 1 aliphatic carbocycles. The van der Waals surface area contributed by atoms with Crippen molar-refractivity contribution in [2.75, 3.05) is 0 Å². The van der Waals surface area contributed by atoms with E-state index >= 15 is 0 Å². The summed E-state index contributed by atoms with van der Waals surface area (Å²) in [6.07, 6.45) is 7.13. The first-order valence-electron chi connectivity index (χ1n) is 5.60. The molecule has 2 rings (SSSR count). The van der Waals surface area contributed by atoms with E-state index in [0.29, 0.717) is 0 Å². The normalized spacial score (nSPS) is 15.9. The Morgan fingerprint density at radius 2 is 2.00 bits per heavy atom. The summed E-state index contributed by atoms with van der Waals surface area (Å²) < 4.78 is 0. The Labute approximate surface area is 91.6 Å². The Balaban J connectivity index is 2.39. The summed E-state index contributed by atoms with van der Waals surface area (Å²) in [6, 6.07) is 6.69. The van der Waals surface area contributed by atoms with E-state index in [2.05, 4.69) is 29.9 Å². The van der Waals surface area contributed by atoms with Crippen LogP contribution in [0, 0.1) is 0 Å². The summed E-state index contributed by atoms with van der Waals surface area (Å²) in [4.78, 5) is 4.04. The van der Waals surface area contributed by atoms with Gasteiger partial charge >= 0.3 is 0 Å². The average Bonchev–Trinajstić information content (AvgIpc) is 2.30. The molecule has 1 heteroatoms. The van der Waals surface area contributed by atoms with Crippen LogP contribution in [0.1, 0.15) is 36.5 Å². The highest BCUT2D eigenvalue weighted by Crippen LogP contribution is 2.25. The molecule has 0 aliphatic heterocycles. The first kappa shape index (κ1) is 10.2. The van der Waals surface area contributed by atoms with E-state index in [4.69, 9.17) is 0 Å². The lowest BCUT2D eigenvalue weighted by Gasteiger charge is -2.16. The van der Waals surface area contributed by atoms with Gasteiger partial charge in [0.15, 0.2) is 0 Å². The number of hydrogen-bond acceptors (Lipinski definition) is 1. The van der Waals surface area contributed by atoms with E-state index in [-0.39, 0.29) is 0 Å². The molecule has 0 radical (unpaired) electrons. The molecule has 0 amide bonds. The maximum absolute atomic E-state index is 4.04. The van der Waals surface area contributed by atoms with Crippen molar-refractivity contribution in [3.8, 4) is 0 Å². The van der Waals surface area contributed by atoms with Crippen LogP contribution < -0.4 is 0 Å². The van der Waals surface area contributed by atoms with Crippen LogP contribution in [0.5, 0.6) is 0 Å². The van der Waals surface area contributed by atoms with E-state index in [1.165, 1.54) is 42.4 Å². The van der Waals surface area contributed by atoms with Crippen LogP contribution in [0.25, 0.3) is 5.70 Å². The maximum atomic E-state index is 4.04. The van der Waals surface area contributed by atoms with E-state index in [1.54, 1.807) is 0 Å². The molecule has 0 bridgehead atoms. The summed E-state index contributed by atoms with van der Waals surface area (Å²) in [5.41, 5.74) is 5.21. The van der Waals surface area contributed by atoms with Gasteiger partial charge in [-0.1, -0.05) is 18.2 Å². The standard InChI is InChI=1S/C14H17N/c1-3-14(15-2)13-9-8-11-6-4-5-7-12(11)10-13/h3,8-10H,2,4-7H2,1H3/b14-3-. The van der Waals surface area contributed by atoms with Crippen LogP contribution in [0.3, 0.4) is 0 Å². The average molecular weight is 199 g/mol. The molecule has 1 aromatic rings. The van der Waals surface area contributed by atoms with Gasteiger partial charge in [-0.2, -0.15) is 0 Å². The molecule has 0 spiro atoms. The third-order valence-corrected chi connectivity index (χ3v) is 3.09. The first-order chi connectivity index (χ1) is 7.35. The predicted molar refractivity (Wildman–Crippen MR) is 66.3 cm³/mol. The van der Waals surface area contributed by atoms with Gasteiger partial charge in [0.1, 0.15) is 0 Å². The van der Waals surface area contributed by atoms with Gasteiger partial charge in [0.05, 0.1) is 5.70 Å². The van der Waals surface area contributed by atoms with Crippen molar-refractivity contribution < 1.29 is 0 Å². The lowest BCUT2D eigenvalue weighted by molar-refractivity contribution is 0.685. The number of aryl methyl sites for hydroxylation is 2. The van der Waals surface area contributed by atoms with Gasteiger partial charge in [-0.05, 0) is 56.5 Å². The van der Waals surface area contributed by atoms with Crippen LogP contribution in [-0.4, -0.2) is 6.72 Å². The monoisotopic (exact) mass is 199 g/mol. The molecule has 0 saturated carbocycles. The third-order valence-electron chi connectivity index (χ3n) is 3.09. The summed E-state index contributed by atoms with van der Waals surface area (Å²) in [7, 11) is 0. The Morgan fingerprint density at radius 1 is 1.27 bits per heavy atom. The zero-order chi connectivity index (χ0) is 10.7. The summed E-state index contributed by atoms with van der Waals surface area (Å²) >= 11 is 0. The number of benzene rings is 1. The quantitative estimate of drug-likeness (QED) is 0.645.